The molecule has 13 heteroatoms. The molecule has 0 unspecified atom stereocenters. The zero-order valence-corrected chi connectivity index (χ0v) is 31.2. The summed E-state index contributed by atoms with van der Waals surface area (Å²) in [4.78, 5) is 0.0124. The van der Waals surface area contributed by atoms with Crippen molar-refractivity contribution in [3.05, 3.63) is 119 Å². The van der Waals surface area contributed by atoms with Gasteiger partial charge in [-0.1, -0.05) is 54.1 Å². The van der Waals surface area contributed by atoms with E-state index in [0.717, 1.165) is 22.3 Å². The van der Waals surface area contributed by atoms with Crippen LogP contribution in [0.1, 0.15) is 28.7 Å². The first kappa shape index (κ1) is 40.1. The Kier molecular flexibility index (Phi) is 15.0. The minimum Gasteiger partial charge on any atom is -0.497 e. The zero-order chi connectivity index (χ0) is 37.6. The summed E-state index contributed by atoms with van der Waals surface area (Å²) in [6.45, 7) is 1.94. The van der Waals surface area contributed by atoms with E-state index in [-0.39, 0.29) is 37.9 Å². The lowest BCUT2D eigenvalue weighted by molar-refractivity contribution is -0.326. The Hall–Kier alpha value is -4.05. The Morgan fingerprint density at radius 1 is 0.604 bits per heavy atom. The molecule has 1 fully saturated rings. The molecule has 5 atom stereocenters. The summed E-state index contributed by atoms with van der Waals surface area (Å²) in [6.07, 6.45) is -4.31. The van der Waals surface area contributed by atoms with Gasteiger partial charge in [0.1, 0.15) is 41.7 Å². The molecule has 0 aliphatic carbocycles. The number of hydrogen-bond donors (Lipinski definition) is 1. The smallest absolute Gasteiger partial charge is 0.297 e. The van der Waals surface area contributed by atoms with Crippen molar-refractivity contribution in [2.45, 2.75) is 68.8 Å². The third kappa shape index (κ3) is 11.5. The number of methoxy groups -OCH3 is 3. The summed E-state index contributed by atoms with van der Waals surface area (Å²) >= 11 is 0. The molecule has 4 aromatic carbocycles. The maximum Gasteiger partial charge on any atom is 0.297 e. The molecule has 0 radical (unpaired) electrons. The molecule has 53 heavy (non-hydrogen) atoms. The first-order valence-corrected chi connectivity index (χ1v) is 18.7. The van der Waals surface area contributed by atoms with Crippen LogP contribution in [0.3, 0.4) is 0 Å². The number of aryl methyl sites for hydroxylation is 1. The molecule has 1 N–H and O–H groups in total. The first-order chi connectivity index (χ1) is 25.7. The monoisotopic (exact) mass is 752 g/mol. The van der Waals surface area contributed by atoms with E-state index in [0.29, 0.717) is 23.7 Å². The molecule has 1 heterocycles. The van der Waals surface area contributed by atoms with Gasteiger partial charge in [-0.05, 0) is 78.6 Å². The largest absolute Gasteiger partial charge is 0.497 e. The summed E-state index contributed by atoms with van der Waals surface area (Å²) in [5.74, 6) is 2.10. The van der Waals surface area contributed by atoms with Crippen LogP contribution in [-0.4, -0.2) is 85.4 Å². The van der Waals surface area contributed by atoms with Gasteiger partial charge in [-0.3, -0.25) is 4.18 Å². The van der Waals surface area contributed by atoms with E-state index >= 15 is 0 Å². The Morgan fingerprint density at radius 2 is 1.06 bits per heavy atom. The lowest BCUT2D eigenvalue weighted by Crippen LogP contribution is -2.62. The van der Waals surface area contributed by atoms with E-state index < -0.39 is 47.4 Å². The number of hydrogen-bond acceptors (Lipinski definition) is 12. The maximum absolute atomic E-state index is 13.4. The van der Waals surface area contributed by atoms with Crippen LogP contribution in [0.2, 0.25) is 0 Å². The summed E-state index contributed by atoms with van der Waals surface area (Å²) < 4.78 is 80.8. The third-order valence-corrected chi connectivity index (χ3v) is 9.97. The van der Waals surface area contributed by atoms with Gasteiger partial charge in [-0.15, -0.1) is 0 Å². The van der Waals surface area contributed by atoms with Crippen molar-refractivity contribution in [3.63, 3.8) is 0 Å². The molecular formula is C40H48O12S. The van der Waals surface area contributed by atoms with Gasteiger partial charge >= 0.3 is 0 Å². The second-order valence-corrected chi connectivity index (χ2v) is 14.0. The van der Waals surface area contributed by atoms with E-state index in [1.165, 1.54) is 12.1 Å². The highest BCUT2D eigenvalue weighted by atomic mass is 32.2. The van der Waals surface area contributed by atoms with Gasteiger partial charge in [0.05, 0.1) is 59.3 Å². The molecule has 0 spiro atoms. The van der Waals surface area contributed by atoms with Crippen molar-refractivity contribution in [3.8, 4) is 17.2 Å². The highest BCUT2D eigenvalue weighted by Gasteiger charge is 2.49. The molecular weight excluding hydrogens is 704 g/mol. The van der Waals surface area contributed by atoms with Gasteiger partial charge in [0, 0.05) is 6.61 Å². The summed E-state index contributed by atoms with van der Waals surface area (Å²) in [6, 6.07) is 28.7. The van der Waals surface area contributed by atoms with Crippen molar-refractivity contribution >= 4 is 10.1 Å². The topological polar surface area (TPSA) is 137 Å². The molecule has 286 valence electrons. The van der Waals surface area contributed by atoms with Gasteiger partial charge in [0.15, 0.2) is 6.29 Å². The standard InChI is InChI=1S/C40H48O12S/c1-28-6-20-35(21-7-28)53(42,43)51-27-36-37(48-24-29-8-14-32(44-2)15-9-29)38(49-25-30-10-16-33(45-3)17-11-30)39(40(52-36)47-23-5-22-41)50-26-31-12-18-34(46-4)19-13-31/h6-21,36-41H,5,22-27H2,1-4H3/t36-,37-,38+,39-,40-/m1/s1. The third-order valence-electron chi connectivity index (χ3n) is 8.68. The molecule has 1 aliphatic rings. The van der Waals surface area contributed by atoms with Crippen LogP contribution in [0, 0.1) is 6.92 Å². The Balaban J connectivity index is 1.48. The summed E-state index contributed by atoms with van der Waals surface area (Å²) in [7, 11) is 0.616. The highest BCUT2D eigenvalue weighted by molar-refractivity contribution is 7.86. The van der Waals surface area contributed by atoms with Crippen LogP contribution in [0.25, 0.3) is 0 Å². The number of ether oxygens (including phenoxy) is 8. The minimum atomic E-state index is -4.18. The van der Waals surface area contributed by atoms with E-state index in [4.69, 9.17) is 42.1 Å². The first-order valence-electron chi connectivity index (χ1n) is 17.3. The van der Waals surface area contributed by atoms with Gasteiger partial charge < -0.3 is 43.0 Å². The average Bonchev–Trinajstić information content (AvgIpc) is 3.19. The molecule has 5 rings (SSSR count). The molecule has 0 saturated carbocycles. The predicted molar refractivity (Wildman–Crippen MR) is 195 cm³/mol. The Labute approximate surface area is 311 Å². The second-order valence-electron chi connectivity index (χ2n) is 12.4. The van der Waals surface area contributed by atoms with Crippen LogP contribution < -0.4 is 14.2 Å². The fourth-order valence-electron chi connectivity index (χ4n) is 5.65. The van der Waals surface area contributed by atoms with Crippen molar-refractivity contribution in [2.24, 2.45) is 0 Å². The normalized spacial score (nSPS) is 20.2. The molecule has 1 saturated heterocycles. The zero-order valence-electron chi connectivity index (χ0n) is 30.4. The molecule has 12 nitrogen and oxygen atoms in total. The average molecular weight is 753 g/mol. The minimum absolute atomic E-state index is 0.0124. The molecule has 4 aromatic rings. The Morgan fingerprint density at radius 3 is 1.51 bits per heavy atom. The van der Waals surface area contributed by atoms with Crippen LogP contribution in [0.5, 0.6) is 17.2 Å². The van der Waals surface area contributed by atoms with Crippen LogP contribution >= 0.6 is 0 Å². The number of aliphatic hydroxyl groups is 1. The highest BCUT2D eigenvalue weighted by Crippen LogP contribution is 2.32. The SMILES string of the molecule is COc1ccc(CO[C@@H]2[C@@H](OCc3ccc(OC)cc3)[C@H](OCCCO)O[C@H](COS(=O)(=O)c3ccc(C)cc3)[C@H]2OCc2ccc(OC)cc2)cc1. The van der Waals surface area contributed by atoms with Crippen molar-refractivity contribution in [1.82, 2.24) is 0 Å². The summed E-state index contributed by atoms with van der Waals surface area (Å²) in [5, 5.41) is 9.55. The fraction of sp³-hybridized carbons (Fsp3) is 0.400. The lowest BCUT2D eigenvalue weighted by Gasteiger charge is -2.45. The van der Waals surface area contributed by atoms with E-state index in [1.54, 1.807) is 33.5 Å². The quantitative estimate of drug-likeness (QED) is 0.0888. The van der Waals surface area contributed by atoms with Crippen LogP contribution in [-0.2, 0) is 57.8 Å². The van der Waals surface area contributed by atoms with Gasteiger partial charge in [-0.2, -0.15) is 8.42 Å². The van der Waals surface area contributed by atoms with Gasteiger partial charge in [0.2, 0.25) is 0 Å². The van der Waals surface area contributed by atoms with Crippen LogP contribution in [0.4, 0.5) is 0 Å². The summed E-state index contributed by atoms with van der Waals surface area (Å²) in [5.41, 5.74) is 3.46. The number of rotatable bonds is 20. The molecule has 0 amide bonds. The predicted octanol–water partition coefficient (Wildman–Crippen LogP) is 5.61. The maximum atomic E-state index is 13.4. The van der Waals surface area contributed by atoms with Gasteiger partial charge in [-0.25, -0.2) is 0 Å². The lowest BCUT2D eigenvalue weighted by atomic mass is 9.98. The van der Waals surface area contributed by atoms with Crippen molar-refractivity contribution < 1.29 is 55.6 Å². The van der Waals surface area contributed by atoms with E-state index in [1.807, 2.05) is 79.7 Å². The second kappa shape index (κ2) is 19.9. The molecule has 0 aromatic heterocycles. The molecule has 1 aliphatic heterocycles. The van der Waals surface area contributed by atoms with Gasteiger partial charge in [0.25, 0.3) is 10.1 Å². The molecule has 0 bridgehead atoms. The number of aliphatic hydroxyl groups excluding tert-OH is 1. The number of benzene rings is 4. The van der Waals surface area contributed by atoms with E-state index in [9.17, 15) is 13.5 Å². The van der Waals surface area contributed by atoms with Crippen LogP contribution in [0.15, 0.2) is 102 Å². The Bertz CT molecular complexity index is 1760. The van der Waals surface area contributed by atoms with E-state index in [2.05, 4.69) is 0 Å². The van der Waals surface area contributed by atoms with Crippen molar-refractivity contribution in [2.75, 3.05) is 41.2 Å². The van der Waals surface area contributed by atoms with Crippen molar-refractivity contribution in [1.29, 1.82) is 0 Å². The fourth-order valence-corrected chi connectivity index (χ4v) is 6.57.